The van der Waals surface area contributed by atoms with Gasteiger partial charge in [0.15, 0.2) is 5.69 Å². The van der Waals surface area contributed by atoms with Crippen LogP contribution in [0.1, 0.15) is 5.56 Å². The lowest BCUT2D eigenvalue weighted by atomic mass is 10.1. The van der Waals surface area contributed by atoms with Crippen LogP contribution in [0.3, 0.4) is 0 Å². The molecule has 0 atom stereocenters. The zero-order valence-corrected chi connectivity index (χ0v) is 14.5. The zero-order valence-electron chi connectivity index (χ0n) is 13.8. The second kappa shape index (κ2) is 7.40. The normalized spacial score (nSPS) is 10.5. The predicted octanol–water partition coefficient (Wildman–Crippen LogP) is 4.39. The second-order valence-electron chi connectivity index (χ2n) is 5.32. The third kappa shape index (κ3) is 3.83. The van der Waals surface area contributed by atoms with Gasteiger partial charge in [-0.25, -0.2) is 4.98 Å². The molecule has 3 rings (SSSR count). The van der Waals surface area contributed by atoms with Gasteiger partial charge in [-0.15, -0.1) is 0 Å². The number of rotatable bonds is 5. The van der Waals surface area contributed by atoms with Gasteiger partial charge < -0.3 is 13.9 Å². The van der Waals surface area contributed by atoms with E-state index in [9.17, 15) is 4.79 Å². The summed E-state index contributed by atoms with van der Waals surface area (Å²) in [6.07, 6.45) is 0.224. The number of hydrogen-bond acceptors (Lipinski definition) is 5. The molecular formula is C19H16ClNO4. The van der Waals surface area contributed by atoms with Crippen LogP contribution in [0.4, 0.5) is 0 Å². The molecule has 0 aliphatic rings. The summed E-state index contributed by atoms with van der Waals surface area (Å²) in [5, 5.41) is 0.646. The molecule has 5 nitrogen and oxygen atoms in total. The van der Waals surface area contributed by atoms with Crippen LogP contribution >= 0.6 is 11.6 Å². The number of halogens is 1. The van der Waals surface area contributed by atoms with Crippen LogP contribution in [0, 0.1) is 0 Å². The fourth-order valence-electron chi connectivity index (χ4n) is 2.36. The van der Waals surface area contributed by atoms with Gasteiger partial charge in [-0.3, -0.25) is 4.79 Å². The van der Waals surface area contributed by atoms with Gasteiger partial charge in [-0.2, -0.15) is 0 Å². The van der Waals surface area contributed by atoms with Crippen LogP contribution in [0.2, 0.25) is 5.02 Å². The van der Waals surface area contributed by atoms with Gasteiger partial charge in [-0.1, -0.05) is 35.9 Å². The first-order valence-corrected chi connectivity index (χ1v) is 7.95. The number of esters is 1. The van der Waals surface area contributed by atoms with Crippen molar-refractivity contribution in [2.45, 2.75) is 6.42 Å². The van der Waals surface area contributed by atoms with E-state index < -0.39 is 0 Å². The van der Waals surface area contributed by atoms with Crippen LogP contribution in [-0.4, -0.2) is 25.2 Å². The van der Waals surface area contributed by atoms with Crippen LogP contribution in [0.25, 0.3) is 22.7 Å². The summed E-state index contributed by atoms with van der Waals surface area (Å²) < 4.78 is 15.7. The molecule has 0 fully saturated rings. The van der Waals surface area contributed by atoms with Crippen LogP contribution in [-0.2, 0) is 16.0 Å². The summed E-state index contributed by atoms with van der Waals surface area (Å²) in [5.41, 5.74) is 3.09. The van der Waals surface area contributed by atoms with Gasteiger partial charge in [0, 0.05) is 16.1 Å². The molecule has 0 bridgehead atoms. The van der Waals surface area contributed by atoms with Gasteiger partial charge in [0.1, 0.15) is 0 Å². The number of benzene rings is 2. The van der Waals surface area contributed by atoms with Crippen molar-refractivity contribution in [3.8, 4) is 28.7 Å². The van der Waals surface area contributed by atoms with Gasteiger partial charge in [-0.05, 0) is 29.8 Å². The number of aromatic nitrogens is 1. The van der Waals surface area contributed by atoms with Gasteiger partial charge in [0.25, 0.3) is 0 Å². The molecule has 1 aromatic heterocycles. The van der Waals surface area contributed by atoms with E-state index in [1.54, 1.807) is 12.1 Å². The van der Waals surface area contributed by atoms with Crippen LogP contribution in [0.5, 0.6) is 5.95 Å². The number of nitrogens with zero attached hydrogens (tertiary/aromatic N) is 1. The lowest BCUT2D eigenvalue weighted by Crippen LogP contribution is -2.04. The van der Waals surface area contributed by atoms with Gasteiger partial charge in [0.2, 0.25) is 5.89 Å². The molecule has 6 heteroatoms. The highest BCUT2D eigenvalue weighted by molar-refractivity contribution is 6.30. The SMILES string of the molecule is COC(=O)Cc1ccc(-c2nc(-c3ccc(Cl)cc3)c(OC)o2)cc1. The lowest BCUT2D eigenvalue weighted by Gasteiger charge is -2.01. The molecule has 128 valence electrons. The number of methoxy groups -OCH3 is 2. The zero-order chi connectivity index (χ0) is 17.8. The Kier molecular flexibility index (Phi) is 5.05. The molecule has 0 amide bonds. The Morgan fingerprint density at radius 3 is 2.28 bits per heavy atom. The van der Waals surface area contributed by atoms with Crippen molar-refractivity contribution >= 4 is 17.6 Å². The third-order valence-corrected chi connectivity index (χ3v) is 3.93. The van der Waals surface area contributed by atoms with E-state index in [1.165, 1.54) is 14.2 Å². The van der Waals surface area contributed by atoms with E-state index >= 15 is 0 Å². The molecule has 3 aromatic rings. The quantitative estimate of drug-likeness (QED) is 0.634. The Bertz CT molecular complexity index is 869. The standard InChI is InChI=1S/C19H16ClNO4/c1-23-16(22)11-12-3-5-14(6-4-12)18-21-17(19(24-2)25-18)13-7-9-15(20)10-8-13/h3-10H,11H2,1-2H3. The molecule has 25 heavy (non-hydrogen) atoms. The summed E-state index contributed by atoms with van der Waals surface area (Å²) >= 11 is 5.93. The maximum Gasteiger partial charge on any atom is 0.313 e. The number of hydrogen-bond donors (Lipinski definition) is 0. The highest BCUT2D eigenvalue weighted by Gasteiger charge is 2.17. The first-order valence-electron chi connectivity index (χ1n) is 7.57. The monoisotopic (exact) mass is 357 g/mol. The minimum absolute atomic E-state index is 0.224. The van der Waals surface area contributed by atoms with Crippen molar-refractivity contribution in [3.05, 3.63) is 59.1 Å². The maximum absolute atomic E-state index is 11.3. The van der Waals surface area contributed by atoms with E-state index in [0.29, 0.717) is 22.6 Å². The minimum atomic E-state index is -0.282. The van der Waals surface area contributed by atoms with Crippen molar-refractivity contribution in [1.82, 2.24) is 4.98 Å². The van der Waals surface area contributed by atoms with E-state index in [4.69, 9.17) is 20.8 Å². The Balaban J connectivity index is 1.90. The largest absolute Gasteiger partial charge is 0.469 e. The van der Waals surface area contributed by atoms with E-state index in [1.807, 2.05) is 36.4 Å². The lowest BCUT2D eigenvalue weighted by molar-refractivity contribution is -0.139. The first-order chi connectivity index (χ1) is 12.1. The average Bonchev–Trinajstić information content (AvgIpc) is 3.07. The first kappa shape index (κ1) is 17.0. The van der Waals surface area contributed by atoms with Crippen molar-refractivity contribution in [2.24, 2.45) is 0 Å². The van der Waals surface area contributed by atoms with Crippen LogP contribution < -0.4 is 4.74 Å². The Hall–Kier alpha value is -2.79. The van der Waals surface area contributed by atoms with Crippen LogP contribution in [0.15, 0.2) is 52.9 Å². The molecule has 0 aliphatic carbocycles. The summed E-state index contributed by atoms with van der Waals surface area (Å²) in [6.45, 7) is 0. The Morgan fingerprint density at radius 1 is 1.04 bits per heavy atom. The highest BCUT2D eigenvalue weighted by Crippen LogP contribution is 2.34. The number of ether oxygens (including phenoxy) is 2. The van der Waals surface area contributed by atoms with Crippen molar-refractivity contribution in [3.63, 3.8) is 0 Å². The fourth-order valence-corrected chi connectivity index (χ4v) is 2.49. The molecule has 0 saturated heterocycles. The van der Waals surface area contributed by atoms with E-state index in [-0.39, 0.29) is 12.4 Å². The topological polar surface area (TPSA) is 61.6 Å². The van der Waals surface area contributed by atoms with Gasteiger partial charge >= 0.3 is 11.9 Å². The summed E-state index contributed by atoms with van der Waals surface area (Å²) in [4.78, 5) is 15.9. The minimum Gasteiger partial charge on any atom is -0.469 e. The van der Waals surface area contributed by atoms with Gasteiger partial charge in [0.05, 0.1) is 20.6 Å². The number of carbonyl (C=O) groups is 1. The van der Waals surface area contributed by atoms with E-state index in [0.717, 1.165) is 16.7 Å². The summed E-state index contributed by atoms with van der Waals surface area (Å²) in [6, 6.07) is 14.6. The van der Waals surface area contributed by atoms with Crippen molar-refractivity contribution < 1.29 is 18.7 Å². The number of oxazole rings is 1. The highest BCUT2D eigenvalue weighted by atomic mass is 35.5. The average molecular weight is 358 g/mol. The Morgan fingerprint density at radius 2 is 1.68 bits per heavy atom. The number of carbonyl (C=O) groups excluding carboxylic acids is 1. The summed E-state index contributed by atoms with van der Waals surface area (Å²) in [7, 11) is 2.90. The molecule has 0 spiro atoms. The molecule has 1 heterocycles. The molecular weight excluding hydrogens is 342 g/mol. The molecule has 0 aliphatic heterocycles. The Labute approximate surface area is 150 Å². The summed E-state index contributed by atoms with van der Waals surface area (Å²) in [5.74, 6) is 0.484. The molecule has 0 N–H and O–H groups in total. The van der Waals surface area contributed by atoms with Crippen molar-refractivity contribution in [2.75, 3.05) is 14.2 Å². The smallest absolute Gasteiger partial charge is 0.313 e. The predicted molar refractivity (Wildman–Crippen MR) is 94.7 cm³/mol. The van der Waals surface area contributed by atoms with Crippen molar-refractivity contribution in [1.29, 1.82) is 0 Å². The molecule has 0 radical (unpaired) electrons. The maximum atomic E-state index is 11.3. The molecule has 2 aromatic carbocycles. The third-order valence-electron chi connectivity index (χ3n) is 3.68. The van der Waals surface area contributed by atoms with E-state index in [2.05, 4.69) is 9.72 Å². The molecule has 0 saturated carbocycles. The molecule has 0 unspecified atom stereocenters. The second-order valence-corrected chi connectivity index (χ2v) is 5.75. The fraction of sp³-hybridized carbons (Fsp3) is 0.158.